The van der Waals surface area contributed by atoms with Crippen molar-refractivity contribution in [3.05, 3.63) is 90.1 Å². The molecule has 4 heterocycles. The van der Waals surface area contributed by atoms with E-state index < -0.39 is 66.4 Å². The number of anilines is 2. The number of benzene rings is 1. The summed E-state index contributed by atoms with van der Waals surface area (Å²) in [5.41, 5.74) is 2.36. The fraction of sp³-hybridized carbons (Fsp3) is 0.436. The van der Waals surface area contributed by atoms with Gasteiger partial charge in [-0.2, -0.15) is 26.3 Å². The molecule has 0 atom stereocenters. The van der Waals surface area contributed by atoms with Gasteiger partial charge in [-0.1, -0.05) is 18.2 Å². The minimum Gasteiger partial charge on any atom is -0.870 e. The molecule has 7 rings (SSSR count). The molecule has 0 saturated heterocycles. The standard InChI is InChI=1S/C22H21F3N4O4S2.C16H17F3N4O2S.CH4O.Na.H2O.6H2/c1-26-19-13-27-21-18(7-9-29(21)35(32,33)17-5-3-2-4-6-17)20(19)28-16-11-15(12-16)14-34(30,31)10-8-22(23,24)25;1-20-13-8-22-15-12(2-4-21-15)14(13)23-11-6-10(7-11)9-26(24,25)5-3-16(17,18)19;1-2;;;;;;;;/h2-7,9,13,15-16H,8,10-12,14H2,(H,27,28);2,4,8,10-11H,3,5-7,9H2,(H2,21,22,23);2H,1H3;;1H2;6*1H/q;;;+1;;;;;;;/p-1. The molecular weight excluding hydrogens is 942 g/mol. The Morgan fingerprint density at radius 3 is 1.68 bits per heavy atom. The summed E-state index contributed by atoms with van der Waals surface area (Å²) >= 11 is 0. The molecule has 0 radical (unpaired) electrons. The number of halogens is 6. The molecule has 360 valence electrons. The van der Waals surface area contributed by atoms with Crippen LogP contribution in [0.5, 0.6) is 0 Å². The fourth-order valence-corrected chi connectivity index (χ4v) is 12.0. The summed E-state index contributed by atoms with van der Waals surface area (Å²) in [6.45, 7) is 14.7. The number of aromatic amines is 1. The number of hydrogen-bond donors (Lipinski definition) is 4. The Labute approximate surface area is 402 Å². The van der Waals surface area contributed by atoms with Gasteiger partial charge in [0.05, 0.1) is 65.3 Å². The van der Waals surface area contributed by atoms with Crippen molar-refractivity contribution in [2.45, 2.75) is 67.9 Å². The summed E-state index contributed by atoms with van der Waals surface area (Å²) in [6.07, 6.45) is -3.98. The second-order valence-electron chi connectivity index (χ2n) is 15.0. The monoisotopic (exact) mass is 996 g/mol. The van der Waals surface area contributed by atoms with E-state index in [2.05, 4.69) is 35.3 Å². The number of pyridine rings is 2. The van der Waals surface area contributed by atoms with Crippen LogP contribution in [-0.2, 0) is 29.7 Å². The number of sulfone groups is 2. The third kappa shape index (κ3) is 14.5. The Bertz CT molecular complexity index is 2850. The average Bonchev–Trinajstić information content (AvgIpc) is 3.87. The number of aromatic nitrogens is 4. The van der Waals surface area contributed by atoms with Crippen molar-refractivity contribution >= 4 is 74.5 Å². The first-order chi connectivity index (χ1) is 29.6. The Balaban J connectivity index is -0.000000567. The van der Waals surface area contributed by atoms with E-state index in [4.69, 9.17) is 18.3 Å². The zero-order chi connectivity index (χ0) is 46.4. The van der Waals surface area contributed by atoms with Gasteiger partial charge in [-0.3, -0.25) is 4.98 Å². The maximum atomic E-state index is 13.1. The van der Waals surface area contributed by atoms with E-state index in [1.165, 1.54) is 36.8 Å². The molecule has 2 saturated carbocycles. The molecule has 0 aliphatic heterocycles. The van der Waals surface area contributed by atoms with E-state index in [1.807, 2.05) is 0 Å². The van der Waals surface area contributed by atoms with Crippen LogP contribution in [-0.4, -0.2) is 109 Å². The van der Waals surface area contributed by atoms with E-state index in [0.29, 0.717) is 53.8 Å². The number of H-pyrrole nitrogens is 1. The predicted octanol–water partition coefficient (Wildman–Crippen LogP) is 5.96. The first-order valence-electron chi connectivity index (χ1n) is 19.1. The third-order valence-corrected chi connectivity index (χ3v) is 15.6. The van der Waals surface area contributed by atoms with Crippen LogP contribution in [0.4, 0.5) is 49.1 Å². The van der Waals surface area contributed by atoms with Crippen LogP contribution in [0, 0.1) is 25.0 Å². The molecule has 4 aromatic heterocycles. The van der Waals surface area contributed by atoms with Gasteiger partial charge >= 0.3 is 41.9 Å². The van der Waals surface area contributed by atoms with Crippen LogP contribution in [0.1, 0.15) is 47.1 Å². The largest absolute Gasteiger partial charge is 1.00 e. The molecule has 5 N–H and O–H groups in total. The Hall–Kier alpha value is -4.47. The van der Waals surface area contributed by atoms with Gasteiger partial charge in [0, 0.05) is 63.3 Å². The van der Waals surface area contributed by atoms with E-state index in [-0.39, 0.29) is 95.2 Å². The number of aliphatic hydroxyl groups is 1. The van der Waals surface area contributed by atoms with Crippen LogP contribution in [0.25, 0.3) is 31.8 Å². The number of nitrogens with zero attached hydrogens (tertiary/aromatic N) is 5. The van der Waals surface area contributed by atoms with Gasteiger partial charge in [0.2, 0.25) is 11.4 Å². The number of rotatable bonds is 14. The van der Waals surface area contributed by atoms with Crippen molar-refractivity contribution < 1.29 is 100 Å². The smallest absolute Gasteiger partial charge is 0.870 e. The van der Waals surface area contributed by atoms with Crippen molar-refractivity contribution in [3.63, 3.8) is 0 Å². The van der Waals surface area contributed by atoms with Crippen molar-refractivity contribution in [1.82, 2.24) is 18.9 Å². The van der Waals surface area contributed by atoms with Gasteiger partial charge in [0.1, 0.15) is 5.65 Å². The molecule has 16 nitrogen and oxygen atoms in total. The first-order valence-corrected chi connectivity index (χ1v) is 24.2. The zero-order valence-corrected chi connectivity index (χ0v) is 39.3. The van der Waals surface area contributed by atoms with Gasteiger partial charge < -0.3 is 26.2 Å². The number of aliphatic hydroxyl groups excluding tert-OH is 1. The molecule has 0 amide bonds. The van der Waals surface area contributed by atoms with Gasteiger partial charge in [-0.15, -0.1) is 0 Å². The van der Waals surface area contributed by atoms with E-state index in [1.54, 1.807) is 30.5 Å². The summed E-state index contributed by atoms with van der Waals surface area (Å²) in [5, 5.41) is 14.6. The maximum absolute atomic E-state index is 13.1. The van der Waals surface area contributed by atoms with E-state index in [0.717, 1.165) is 16.5 Å². The Kier molecular flexibility index (Phi) is 18.9. The average molecular weight is 997 g/mol. The zero-order valence-electron chi connectivity index (χ0n) is 34.8. The summed E-state index contributed by atoms with van der Waals surface area (Å²) in [7, 11) is -10.5. The van der Waals surface area contributed by atoms with E-state index in [9.17, 15) is 51.6 Å². The van der Waals surface area contributed by atoms with Gasteiger partial charge in [0.25, 0.3) is 10.0 Å². The molecule has 0 unspecified atom stereocenters. The normalized spacial score (nSPS) is 18.4. The van der Waals surface area contributed by atoms with Crippen LogP contribution >= 0.6 is 0 Å². The molecule has 0 spiro atoms. The second kappa shape index (κ2) is 22.3. The Morgan fingerprint density at radius 2 is 1.22 bits per heavy atom. The molecule has 2 fully saturated rings. The van der Waals surface area contributed by atoms with Crippen molar-refractivity contribution in [3.8, 4) is 0 Å². The minimum absolute atomic E-state index is 0. The van der Waals surface area contributed by atoms with Crippen molar-refractivity contribution in [1.29, 1.82) is 0 Å². The first kappa shape index (κ1) is 54.9. The summed E-state index contributed by atoms with van der Waals surface area (Å²) in [5.74, 6) is -2.79. The summed E-state index contributed by atoms with van der Waals surface area (Å²) in [4.78, 5) is 18.3. The van der Waals surface area contributed by atoms with Crippen LogP contribution in [0.15, 0.2) is 72.1 Å². The third-order valence-electron chi connectivity index (χ3n) is 10.3. The number of hydrogen-bond acceptors (Lipinski definition) is 12. The van der Waals surface area contributed by atoms with Crippen molar-refractivity contribution in [2.24, 2.45) is 11.8 Å². The molecule has 65 heavy (non-hydrogen) atoms. The quantitative estimate of drug-likeness (QED) is 0.0573. The van der Waals surface area contributed by atoms with E-state index >= 15 is 0 Å². The van der Waals surface area contributed by atoms with Crippen LogP contribution in [0.3, 0.4) is 0 Å². The number of nitrogens with one attached hydrogen (secondary N) is 3. The Morgan fingerprint density at radius 1 is 0.754 bits per heavy atom. The van der Waals surface area contributed by atoms with Gasteiger partial charge in [-0.25, -0.2) is 43.9 Å². The minimum atomic E-state index is -4.52. The second-order valence-corrected chi connectivity index (χ2v) is 21.3. The fourth-order valence-electron chi connectivity index (χ4n) is 7.24. The van der Waals surface area contributed by atoms with Gasteiger partial charge in [0.15, 0.2) is 25.3 Å². The van der Waals surface area contributed by atoms with Crippen molar-refractivity contribution in [2.75, 3.05) is 40.8 Å². The summed E-state index contributed by atoms with van der Waals surface area (Å²) < 4.78 is 148. The predicted molar refractivity (Wildman–Crippen MR) is 239 cm³/mol. The maximum Gasteiger partial charge on any atom is 1.00 e. The number of fused-ring (bicyclic) bond motifs is 2. The molecular formula is C39H55F6N8NaO8S3. The summed E-state index contributed by atoms with van der Waals surface area (Å²) in [6, 6.07) is 10.9. The van der Waals surface area contributed by atoms with Gasteiger partial charge in [-0.05, 0) is 61.8 Å². The molecule has 0 bridgehead atoms. The number of alkyl halides is 6. The van der Waals surface area contributed by atoms with Crippen LogP contribution < -0.4 is 40.2 Å². The molecule has 2 aliphatic rings. The molecule has 26 heteroatoms. The topological polar surface area (TPSA) is 232 Å². The molecule has 1 aromatic carbocycles. The molecule has 5 aromatic rings. The molecule has 2 aliphatic carbocycles. The SMILES string of the molecule is CO.[C-]#[N+]c1cnc2[nH]ccc2c1NC1CC(CS(=O)(=O)CCC(F)(F)F)C1.[C-]#[N+]c1cnc2c(ccn2S(=O)(=O)c2ccccc2)c1NC1CC(CS(=O)(=O)CCC(F)(F)F)C1.[HH].[HH].[HH].[HH].[HH].[HH].[Na+].[OH-]. The van der Waals surface area contributed by atoms with Crippen LogP contribution in [0.2, 0.25) is 0 Å².